The zero-order valence-corrected chi connectivity index (χ0v) is 15.3. The van der Waals surface area contributed by atoms with Crippen molar-refractivity contribution < 1.29 is 4.42 Å². The predicted molar refractivity (Wildman–Crippen MR) is 101 cm³/mol. The van der Waals surface area contributed by atoms with Gasteiger partial charge < -0.3 is 9.52 Å². The van der Waals surface area contributed by atoms with E-state index in [1.807, 2.05) is 19.2 Å². The van der Waals surface area contributed by atoms with Gasteiger partial charge in [0.15, 0.2) is 16.7 Å². The number of benzene rings is 1. The molecule has 0 radical (unpaired) electrons. The molecule has 0 aliphatic rings. The van der Waals surface area contributed by atoms with Crippen LogP contribution in [-0.2, 0) is 6.42 Å². The zero-order valence-electron chi connectivity index (χ0n) is 15.3. The van der Waals surface area contributed by atoms with Crippen LogP contribution in [0.4, 0.5) is 0 Å². The molecule has 0 bridgehead atoms. The van der Waals surface area contributed by atoms with Crippen LogP contribution in [0.25, 0.3) is 33.1 Å². The van der Waals surface area contributed by atoms with Gasteiger partial charge in [-0.2, -0.15) is 0 Å². The molecular weight excluding hydrogens is 314 g/mol. The van der Waals surface area contributed by atoms with Crippen LogP contribution >= 0.6 is 0 Å². The zero-order chi connectivity index (χ0) is 17.9. The van der Waals surface area contributed by atoms with Gasteiger partial charge in [0.05, 0.1) is 0 Å². The third kappa shape index (κ3) is 2.29. The van der Waals surface area contributed by atoms with Gasteiger partial charge in [-0.3, -0.25) is 9.48 Å². The maximum absolute atomic E-state index is 12.0. The summed E-state index contributed by atoms with van der Waals surface area (Å²) in [5.74, 6) is 0.487. The Bertz CT molecular complexity index is 1160. The van der Waals surface area contributed by atoms with Crippen LogP contribution in [0.1, 0.15) is 44.9 Å². The van der Waals surface area contributed by atoms with Crippen LogP contribution in [0.2, 0.25) is 0 Å². The summed E-state index contributed by atoms with van der Waals surface area (Å²) in [4.78, 5) is 16.9. The lowest BCUT2D eigenvalue weighted by molar-refractivity contribution is 0.547. The van der Waals surface area contributed by atoms with E-state index in [0.717, 1.165) is 39.5 Å². The Hall–Kier alpha value is -2.56. The Morgan fingerprint density at radius 2 is 1.92 bits per heavy atom. The molecule has 25 heavy (non-hydrogen) atoms. The van der Waals surface area contributed by atoms with Crippen LogP contribution < -0.4 is 5.43 Å². The SMILES string of the molecule is Cc1c(=O)ccc2c1oc1c(CC(C)C)c3c[nH]n(C(C)C)c3nc12. The molecule has 0 unspecified atom stereocenters. The third-order valence-electron chi connectivity index (χ3n) is 4.79. The van der Waals surface area contributed by atoms with Gasteiger partial charge in [-0.25, -0.2) is 4.98 Å². The van der Waals surface area contributed by atoms with Crippen molar-refractivity contribution in [2.24, 2.45) is 5.92 Å². The minimum Gasteiger partial charge on any atom is -0.454 e. The van der Waals surface area contributed by atoms with E-state index in [1.54, 1.807) is 6.07 Å². The Morgan fingerprint density at radius 1 is 1.16 bits per heavy atom. The van der Waals surface area contributed by atoms with Gasteiger partial charge in [0.1, 0.15) is 11.1 Å². The Balaban J connectivity index is 2.21. The molecule has 0 saturated carbocycles. The number of pyridine rings is 1. The highest BCUT2D eigenvalue weighted by Crippen LogP contribution is 2.35. The summed E-state index contributed by atoms with van der Waals surface area (Å²) in [5, 5.41) is 5.33. The minimum absolute atomic E-state index is 0.00143. The summed E-state index contributed by atoms with van der Waals surface area (Å²) in [6.07, 6.45) is 2.91. The van der Waals surface area contributed by atoms with Gasteiger partial charge in [-0.15, -0.1) is 0 Å². The summed E-state index contributed by atoms with van der Waals surface area (Å²) in [6, 6.07) is 3.72. The molecule has 130 valence electrons. The van der Waals surface area contributed by atoms with Crippen LogP contribution in [0.15, 0.2) is 27.5 Å². The second-order valence-corrected chi connectivity index (χ2v) is 7.51. The average Bonchev–Trinajstić information content (AvgIpc) is 3.12. The fourth-order valence-corrected chi connectivity index (χ4v) is 3.54. The maximum atomic E-state index is 12.0. The lowest BCUT2D eigenvalue weighted by atomic mass is 10.00. The van der Waals surface area contributed by atoms with Gasteiger partial charge in [-0.1, -0.05) is 13.8 Å². The highest BCUT2D eigenvalue weighted by Gasteiger charge is 2.21. The number of hydrogen-bond acceptors (Lipinski definition) is 3. The molecule has 0 atom stereocenters. The molecule has 0 amide bonds. The van der Waals surface area contributed by atoms with Gasteiger partial charge in [0, 0.05) is 34.1 Å². The van der Waals surface area contributed by atoms with Crippen LogP contribution in [-0.4, -0.2) is 14.8 Å². The second-order valence-electron chi connectivity index (χ2n) is 7.51. The molecule has 1 N–H and O–H groups in total. The number of hydrogen-bond donors (Lipinski definition) is 1. The van der Waals surface area contributed by atoms with E-state index < -0.39 is 0 Å². The smallest absolute Gasteiger partial charge is 0.185 e. The van der Waals surface area contributed by atoms with E-state index in [1.165, 1.54) is 0 Å². The van der Waals surface area contributed by atoms with E-state index >= 15 is 0 Å². The molecule has 0 spiro atoms. The van der Waals surface area contributed by atoms with Crippen molar-refractivity contribution in [1.82, 2.24) is 14.8 Å². The lowest BCUT2D eigenvalue weighted by Gasteiger charge is -2.10. The summed E-state index contributed by atoms with van der Waals surface area (Å²) < 4.78 is 8.26. The molecule has 4 aromatic rings. The predicted octanol–water partition coefficient (Wildman–Crippen LogP) is 4.71. The third-order valence-corrected chi connectivity index (χ3v) is 4.79. The molecule has 4 rings (SSSR count). The largest absolute Gasteiger partial charge is 0.454 e. The first-order valence-corrected chi connectivity index (χ1v) is 8.82. The Kier molecular flexibility index (Phi) is 3.49. The highest BCUT2D eigenvalue weighted by molar-refractivity contribution is 6.08. The van der Waals surface area contributed by atoms with Gasteiger partial charge >= 0.3 is 0 Å². The Morgan fingerprint density at radius 3 is 2.60 bits per heavy atom. The van der Waals surface area contributed by atoms with Crippen LogP contribution in [0.5, 0.6) is 0 Å². The average molecular weight is 337 g/mol. The van der Waals surface area contributed by atoms with Crippen molar-refractivity contribution in [1.29, 1.82) is 0 Å². The number of aromatic nitrogens is 3. The topological polar surface area (TPSA) is 63.8 Å². The van der Waals surface area contributed by atoms with E-state index in [-0.39, 0.29) is 11.5 Å². The monoisotopic (exact) mass is 337 g/mol. The first kappa shape index (κ1) is 15.9. The van der Waals surface area contributed by atoms with Gasteiger partial charge in [-0.05, 0) is 45.2 Å². The number of rotatable bonds is 3. The summed E-state index contributed by atoms with van der Waals surface area (Å²) >= 11 is 0. The van der Waals surface area contributed by atoms with Crippen molar-refractivity contribution in [2.45, 2.75) is 47.1 Å². The molecule has 3 heterocycles. The highest BCUT2D eigenvalue weighted by atomic mass is 16.3. The standard InChI is InChI=1S/C20H23N3O2/c1-10(2)8-14-15-9-21-23(11(3)4)20(15)22-17-13-6-7-16(24)12(5)18(13)25-19(14)17/h6-7,9-11,21H,8H2,1-5H3. The summed E-state index contributed by atoms with van der Waals surface area (Å²) in [6.45, 7) is 10.5. The maximum Gasteiger partial charge on any atom is 0.185 e. The summed E-state index contributed by atoms with van der Waals surface area (Å²) in [5.41, 5.74) is 5.05. The van der Waals surface area contributed by atoms with E-state index in [4.69, 9.17) is 9.40 Å². The van der Waals surface area contributed by atoms with Crippen molar-refractivity contribution in [3.63, 3.8) is 0 Å². The van der Waals surface area contributed by atoms with E-state index in [2.05, 4.69) is 37.5 Å². The molecule has 0 aliphatic heterocycles. The molecule has 3 aromatic heterocycles. The first-order valence-electron chi connectivity index (χ1n) is 8.82. The quantitative estimate of drug-likeness (QED) is 0.589. The van der Waals surface area contributed by atoms with Gasteiger partial charge in [0.25, 0.3) is 0 Å². The normalized spacial score (nSPS) is 12.4. The van der Waals surface area contributed by atoms with E-state index in [0.29, 0.717) is 17.1 Å². The molecular formula is C20H23N3O2. The Labute approximate surface area is 145 Å². The molecule has 0 saturated heterocycles. The number of fused-ring (bicyclic) bond motifs is 4. The van der Waals surface area contributed by atoms with Crippen molar-refractivity contribution >= 4 is 33.1 Å². The van der Waals surface area contributed by atoms with Crippen LogP contribution in [0.3, 0.4) is 0 Å². The van der Waals surface area contributed by atoms with Crippen LogP contribution in [0, 0.1) is 12.8 Å². The molecule has 0 fully saturated rings. The number of nitrogens with one attached hydrogen (secondary N) is 1. The van der Waals surface area contributed by atoms with Crippen molar-refractivity contribution in [3.8, 4) is 0 Å². The molecule has 5 nitrogen and oxygen atoms in total. The second kappa shape index (κ2) is 5.48. The van der Waals surface area contributed by atoms with Gasteiger partial charge in [0.2, 0.25) is 0 Å². The number of nitrogens with zero attached hydrogens (tertiary/aromatic N) is 2. The minimum atomic E-state index is 0.00143. The van der Waals surface area contributed by atoms with E-state index in [9.17, 15) is 4.79 Å². The first-order chi connectivity index (χ1) is 11.9. The van der Waals surface area contributed by atoms with Crippen molar-refractivity contribution in [2.75, 3.05) is 0 Å². The molecule has 5 heteroatoms. The number of H-pyrrole nitrogens is 1. The number of furan rings is 1. The number of aryl methyl sites for hydroxylation is 1. The lowest BCUT2D eigenvalue weighted by Crippen LogP contribution is -2.04. The molecule has 0 aliphatic carbocycles. The fraction of sp³-hybridized carbons (Fsp3) is 0.400. The van der Waals surface area contributed by atoms with Crippen molar-refractivity contribution in [3.05, 3.63) is 39.7 Å². The summed E-state index contributed by atoms with van der Waals surface area (Å²) in [7, 11) is 0. The molecule has 1 aromatic carbocycles. The number of aromatic amines is 1. The fourth-order valence-electron chi connectivity index (χ4n) is 3.54.